The molecule has 0 bridgehead atoms. The molecule has 1 aliphatic rings. The molecule has 0 radical (unpaired) electrons. The highest BCUT2D eigenvalue weighted by atomic mass is 32.2. The number of sulfone groups is 1. The van der Waals surface area contributed by atoms with Crippen molar-refractivity contribution in [3.05, 3.63) is 60.2 Å². The van der Waals surface area contributed by atoms with Crippen molar-refractivity contribution in [3.8, 4) is 11.1 Å². The second-order valence-electron chi connectivity index (χ2n) is 6.90. The van der Waals surface area contributed by atoms with Crippen LogP contribution in [0.25, 0.3) is 11.1 Å². The molecule has 1 heterocycles. The van der Waals surface area contributed by atoms with Crippen molar-refractivity contribution >= 4 is 21.7 Å². The van der Waals surface area contributed by atoms with Gasteiger partial charge in [-0.2, -0.15) is 0 Å². The van der Waals surface area contributed by atoms with Gasteiger partial charge in [-0.05, 0) is 30.5 Å². The normalized spacial score (nSPS) is 17.8. The lowest BCUT2D eigenvalue weighted by atomic mass is 9.99. The molecule has 148 valence electrons. The Morgan fingerprint density at radius 3 is 2.39 bits per heavy atom. The van der Waals surface area contributed by atoms with Gasteiger partial charge in [0, 0.05) is 18.2 Å². The highest BCUT2D eigenvalue weighted by Gasteiger charge is 2.29. The van der Waals surface area contributed by atoms with E-state index in [0.717, 1.165) is 11.1 Å². The first-order chi connectivity index (χ1) is 13.4. The monoisotopic (exact) mass is 400 g/mol. The fraction of sp³-hybridized carbons (Fsp3) is 0.333. The maximum Gasteiger partial charge on any atom is 0.254 e. The molecular formula is C21H24N2O4S. The molecular weight excluding hydrogens is 376 g/mol. The summed E-state index contributed by atoms with van der Waals surface area (Å²) >= 11 is 0. The van der Waals surface area contributed by atoms with Gasteiger partial charge in [-0.15, -0.1) is 0 Å². The van der Waals surface area contributed by atoms with Gasteiger partial charge in [0.25, 0.3) is 5.91 Å². The highest BCUT2D eigenvalue weighted by molar-refractivity contribution is 7.91. The number of hydrogen-bond donors (Lipinski definition) is 1. The van der Waals surface area contributed by atoms with E-state index in [-0.39, 0.29) is 35.9 Å². The first-order valence-electron chi connectivity index (χ1n) is 9.33. The van der Waals surface area contributed by atoms with E-state index in [4.69, 9.17) is 0 Å². The van der Waals surface area contributed by atoms with Gasteiger partial charge in [0.05, 0.1) is 18.1 Å². The molecule has 1 atom stereocenters. The molecule has 1 N–H and O–H groups in total. The van der Waals surface area contributed by atoms with Gasteiger partial charge in [-0.3, -0.25) is 9.59 Å². The molecule has 2 aromatic carbocycles. The number of carbonyl (C=O) groups is 2. The average molecular weight is 401 g/mol. The van der Waals surface area contributed by atoms with Crippen molar-refractivity contribution in [1.29, 1.82) is 0 Å². The summed E-state index contributed by atoms with van der Waals surface area (Å²) in [4.78, 5) is 26.9. The summed E-state index contributed by atoms with van der Waals surface area (Å²) in [6.45, 7) is 2.09. The zero-order valence-electron chi connectivity index (χ0n) is 15.8. The van der Waals surface area contributed by atoms with Gasteiger partial charge in [0.2, 0.25) is 5.91 Å². The van der Waals surface area contributed by atoms with Crippen LogP contribution in [0.15, 0.2) is 54.6 Å². The predicted molar refractivity (Wildman–Crippen MR) is 109 cm³/mol. The molecule has 28 heavy (non-hydrogen) atoms. The minimum absolute atomic E-state index is 0.0321. The number of nitrogens with zero attached hydrogens (tertiary/aromatic N) is 1. The van der Waals surface area contributed by atoms with Gasteiger partial charge in [-0.1, -0.05) is 48.5 Å². The second kappa shape index (κ2) is 8.56. The molecule has 1 saturated heterocycles. The Morgan fingerprint density at radius 2 is 1.75 bits per heavy atom. The summed E-state index contributed by atoms with van der Waals surface area (Å²) in [5, 5.41) is 2.74. The van der Waals surface area contributed by atoms with Gasteiger partial charge < -0.3 is 10.2 Å². The lowest BCUT2D eigenvalue weighted by Crippen LogP contribution is -2.44. The third kappa shape index (κ3) is 4.78. The largest absolute Gasteiger partial charge is 0.351 e. The van der Waals surface area contributed by atoms with E-state index in [9.17, 15) is 18.0 Å². The molecule has 0 aliphatic carbocycles. The van der Waals surface area contributed by atoms with Crippen molar-refractivity contribution in [2.24, 2.45) is 0 Å². The van der Waals surface area contributed by atoms with Gasteiger partial charge in [0.15, 0.2) is 9.84 Å². The summed E-state index contributed by atoms with van der Waals surface area (Å²) in [5.74, 6) is -0.500. The van der Waals surface area contributed by atoms with Gasteiger partial charge in [0.1, 0.15) is 0 Å². The number of likely N-dealkylation sites (N-methyl/N-ethyl adjacent to an activating group) is 1. The topological polar surface area (TPSA) is 83.6 Å². The van der Waals surface area contributed by atoms with Crippen molar-refractivity contribution in [2.45, 2.75) is 19.4 Å². The SMILES string of the molecule is CCN(CC(=O)N[C@H]1CCS(=O)(=O)C1)C(=O)c1ccccc1-c1ccccc1. The number of carbonyl (C=O) groups excluding carboxylic acids is 2. The lowest BCUT2D eigenvalue weighted by Gasteiger charge is -2.23. The van der Waals surface area contributed by atoms with E-state index in [0.29, 0.717) is 18.5 Å². The molecule has 2 aromatic rings. The van der Waals surface area contributed by atoms with Crippen molar-refractivity contribution in [2.75, 3.05) is 24.6 Å². The molecule has 3 rings (SSSR count). The molecule has 7 heteroatoms. The van der Waals surface area contributed by atoms with Crippen molar-refractivity contribution in [3.63, 3.8) is 0 Å². The minimum Gasteiger partial charge on any atom is -0.351 e. The standard InChI is InChI=1S/C21H24N2O4S/c1-2-23(14-20(24)22-17-12-13-28(26,27)15-17)21(25)19-11-7-6-10-18(19)16-8-4-3-5-9-16/h3-11,17H,2,12-15H2,1H3,(H,22,24)/t17-/m0/s1. The second-order valence-corrected chi connectivity index (χ2v) is 9.13. The van der Waals surface area contributed by atoms with Crippen LogP contribution < -0.4 is 5.32 Å². The van der Waals surface area contributed by atoms with E-state index in [2.05, 4.69) is 5.32 Å². The fourth-order valence-corrected chi connectivity index (χ4v) is 5.07. The van der Waals surface area contributed by atoms with Crippen LogP contribution in [0, 0.1) is 0 Å². The Labute approximate surface area is 165 Å². The number of benzene rings is 2. The quantitative estimate of drug-likeness (QED) is 0.805. The first kappa shape index (κ1) is 20.1. The van der Waals surface area contributed by atoms with Crippen LogP contribution in [0.3, 0.4) is 0 Å². The van der Waals surface area contributed by atoms with Crippen LogP contribution in [0.1, 0.15) is 23.7 Å². The first-order valence-corrected chi connectivity index (χ1v) is 11.2. The molecule has 0 saturated carbocycles. The van der Waals surface area contributed by atoms with E-state index in [1.54, 1.807) is 12.1 Å². The number of hydrogen-bond acceptors (Lipinski definition) is 4. The summed E-state index contributed by atoms with van der Waals surface area (Å²) in [6, 6.07) is 16.6. The minimum atomic E-state index is -3.07. The summed E-state index contributed by atoms with van der Waals surface area (Å²) in [7, 11) is -3.07. The molecule has 0 unspecified atom stereocenters. The Kier molecular flexibility index (Phi) is 6.14. The third-order valence-corrected chi connectivity index (χ3v) is 6.61. The fourth-order valence-electron chi connectivity index (χ4n) is 3.39. The van der Waals surface area contributed by atoms with Crippen LogP contribution in [-0.4, -0.2) is 55.8 Å². The predicted octanol–water partition coefficient (Wildman–Crippen LogP) is 2.12. The Bertz CT molecular complexity index is 957. The van der Waals surface area contributed by atoms with Crippen LogP contribution in [-0.2, 0) is 14.6 Å². The van der Waals surface area contributed by atoms with E-state index < -0.39 is 9.84 Å². The van der Waals surface area contributed by atoms with Crippen LogP contribution in [0.5, 0.6) is 0 Å². The lowest BCUT2D eigenvalue weighted by molar-refractivity contribution is -0.122. The highest BCUT2D eigenvalue weighted by Crippen LogP contribution is 2.24. The molecule has 0 spiro atoms. The summed E-state index contributed by atoms with van der Waals surface area (Å²) in [6.07, 6.45) is 0.422. The summed E-state index contributed by atoms with van der Waals surface area (Å²) < 4.78 is 23.1. The van der Waals surface area contributed by atoms with E-state index >= 15 is 0 Å². The Balaban J connectivity index is 1.73. The summed E-state index contributed by atoms with van der Waals surface area (Å²) in [5.41, 5.74) is 2.28. The maximum absolute atomic E-state index is 13.1. The van der Waals surface area contributed by atoms with Crippen LogP contribution in [0.2, 0.25) is 0 Å². The van der Waals surface area contributed by atoms with Crippen LogP contribution in [0.4, 0.5) is 0 Å². The van der Waals surface area contributed by atoms with E-state index in [1.807, 2.05) is 49.4 Å². The maximum atomic E-state index is 13.1. The zero-order chi connectivity index (χ0) is 20.1. The van der Waals surface area contributed by atoms with Gasteiger partial charge >= 0.3 is 0 Å². The zero-order valence-corrected chi connectivity index (χ0v) is 16.6. The molecule has 1 aliphatic heterocycles. The average Bonchev–Trinajstić information content (AvgIpc) is 3.04. The molecule has 2 amide bonds. The van der Waals surface area contributed by atoms with Crippen LogP contribution >= 0.6 is 0 Å². The van der Waals surface area contributed by atoms with Crippen molar-refractivity contribution in [1.82, 2.24) is 10.2 Å². The number of nitrogens with one attached hydrogen (secondary N) is 1. The Hall–Kier alpha value is -2.67. The molecule has 1 fully saturated rings. The third-order valence-electron chi connectivity index (χ3n) is 4.84. The van der Waals surface area contributed by atoms with Gasteiger partial charge in [-0.25, -0.2) is 8.42 Å². The van der Waals surface area contributed by atoms with E-state index in [1.165, 1.54) is 4.90 Å². The Morgan fingerprint density at radius 1 is 1.07 bits per heavy atom. The molecule has 0 aromatic heterocycles. The number of rotatable bonds is 6. The molecule has 6 nitrogen and oxygen atoms in total. The number of amides is 2. The smallest absolute Gasteiger partial charge is 0.254 e. The van der Waals surface area contributed by atoms with Crippen molar-refractivity contribution < 1.29 is 18.0 Å².